The van der Waals surface area contributed by atoms with Crippen molar-refractivity contribution >= 4 is 28.3 Å². The van der Waals surface area contributed by atoms with E-state index in [0.717, 1.165) is 0 Å². The van der Waals surface area contributed by atoms with Gasteiger partial charge in [0, 0.05) is 22.5 Å². The van der Waals surface area contributed by atoms with Crippen LogP contribution in [0.15, 0.2) is 45.6 Å². The maximum absolute atomic E-state index is 12.4. The van der Waals surface area contributed by atoms with E-state index < -0.39 is 5.76 Å². The quantitative estimate of drug-likeness (QED) is 0.482. The zero-order valence-electron chi connectivity index (χ0n) is 10.3. The summed E-state index contributed by atoms with van der Waals surface area (Å²) in [5, 5.41) is 0. The van der Waals surface area contributed by atoms with Gasteiger partial charge in [0.15, 0.2) is 11.4 Å². The topological polar surface area (TPSA) is 115 Å². The van der Waals surface area contributed by atoms with E-state index >= 15 is 0 Å². The van der Waals surface area contributed by atoms with Gasteiger partial charge in [-0.1, -0.05) is 0 Å². The summed E-state index contributed by atoms with van der Waals surface area (Å²) in [4.78, 5) is 26.0. The Bertz CT molecular complexity index is 877. The maximum atomic E-state index is 12.4. The molecule has 6 heteroatoms. The molecule has 0 fully saturated rings. The van der Waals surface area contributed by atoms with Crippen molar-refractivity contribution in [1.82, 2.24) is 4.98 Å². The Labute approximate surface area is 113 Å². The smallest absolute Gasteiger partial charge is 0.408 e. The lowest BCUT2D eigenvalue weighted by atomic mass is 10.0. The van der Waals surface area contributed by atoms with E-state index in [0.29, 0.717) is 33.6 Å². The summed E-state index contributed by atoms with van der Waals surface area (Å²) in [5.74, 6) is -0.815. The van der Waals surface area contributed by atoms with Gasteiger partial charge in [-0.25, -0.2) is 4.79 Å². The number of oxazole rings is 1. The average molecular weight is 269 g/mol. The molecule has 0 unspecified atom stereocenters. The van der Waals surface area contributed by atoms with Crippen LogP contribution in [0.1, 0.15) is 15.9 Å². The molecule has 100 valence electrons. The fraction of sp³-hybridized carbons (Fsp3) is 0. The van der Waals surface area contributed by atoms with Crippen LogP contribution in [0, 0.1) is 0 Å². The number of carbonyl (C=O) groups excluding carboxylic acids is 1. The van der Waals surface area contributed by atoms with Crippen LogP contribution in [0.5, 0.6) is 0 Å². The highest BCUT2D eigenvalue weighted by atomic mass is 16.4. The number of carbonyl (C=O) groups is 1. The summed E-state index contributed by atoms with van der Waals surface area (Å²) in [6, 6.07) is 9.43. The molecule has 3 rings (SSSR count). The number of nitrogens with two attached hydrogens (primary N) is 2. The van der Waals surface area contributed by atoms with Gasteiger partial charge in [0.1, 0.15) is 0 Å². The molecular formula is C14H11N3O3. The summed E-state index contributed by atoms with van der Waals surface area (Å²) in [6.07, 6.45) is 0. The van der Waals surface area contributed by atoms with E-state index in [9.17, 15) is 9.59 Å². The van der Waals surface area contributed by atoms with E-state index in [2.05, 4.69) is 4.98 Å². The lowest BCUT2D eigenvalue weighted by Crippen LogP contribution is -2.05. The van der Waals surface area contributed by atoms with Gasteiger partial charge in [-0.15, -0.1) is 0 Å². The molecule has 0 aliphatic heterocycles. The van der Waals surface area contributed by atoms with Gasteiger partial charge in [-0.05, 0) is 36.4 Å². The number of rotatable bonds is 2. The lowest BCUT2D eigenvalue weighted by Gasteiger charge is -2.05. The SMILES string of the molecule is Nc1ccc(C(=O)c2ccc3[nH]c(=O)oc3c2)c(N)c1. The minimum atomic E-state index is -0.559. The van der Waals surface area contributed by atoms with E-state index in [1.165, 1.54) is 12.1 Å². The van der Waals surface area contributed by atoms with Crippen LogP contribution in [-0.4, -0.2) is 10.8 Å². The second-order valence-electron chi connectivity index (χ2n) is 4.40. The number of aromatic nitrogens is 1. The zero-order valence-corrected chi connectivity index (χ0v) is 10.3. The first-order valence-corrected chi connectivity index (χ1v) is 5.87. The summed E-state index contributed by atoms with van der Waals surface area (Å²) in [7, 11) is 0. The monoisotopic (exact) mass is 269 g/mol. The Hall–Kier alpha value is -3.02. The van der Waals surface area contributed by atoms with E-state index in [1.54, 1.807) is 24.3 Å². The molecule has 0 atom stereocenters. The number of anilines is 2. The molecule has 1 heterocycles. The van der Waals surface area contributed by atoms with E-state index in [4.69, 9.17) is 15.9 Å². The highest BCUT2D eigenvalue weighted by Gasteiger charge is 2.14. The van der Waals surface area contributed by atoms with Crippen molar-refractivity contribution < 1.29 is 9.21 Å². The minimum Gasteiger partial charge on any atom is -0.408 e. The van der Waals surface area contributed by atoms with Crippen LogP contribution in [0.3, 0.4) is 0 Å². The number of nitrogen functional groups attached to an aromatic ring is 2. The molecule has 20 heavy (non-hydrogen) atoms. The number of fused-ring (bicyclic) bond motifs is 1. The Morgan fingerprint density at radius 2 is 1.90 bits per heavy atom. The highest BCUT2D eigenvalue weighted by molar-refractivity contribution is 6.13. The third-order valence-electron chi connectivity index (χ3n) is 3.00. The normalized spacial score (nSPS) is 10.8. The summed E-state index contributed by atoms with van der Waals surface area (Å²) < 4.78 is 4.93. The van der Waals surface area contributed by atoms with Crippen LogP contribution >= 0.6 is 0 Å². The second-order valence-corrected chi connectivity index (χ2v) is 4.40. The number of ketones is 1. The third kappa shape index (κ3) is 1.93. The standard InChI is InChI=1S/C14H11N3O3/c15-8-2-3-9(10(16)6-8)13(18)7-1-4-11-12(5-7)20-14(19)17-11/h1-6H,15-16H2,(H,17,19). The molecule has 3 aromatic rings. The molecular weight excluding hydrogens is 258 g/mol. The molecule has 0 aliphatic carbocycles. The summed E-state index contributed by atoms with van der Waals surface area (Å²) in [5.41, 5.74) is 13.8. The van der Waals surface area contributed by atoms with Crippen LogP contribution in [0.4, 0.5) is 11.4 Å². The number of hydrogen-bond acceptors (Lipinski definition) is 5. The Morgan fingerprint density at radius 1 is 1.10 bits per heavy atom. The molecule has 0 saturated carbocycles. The van der Waals surface area contributed by atoms with Crippen molar-refractivity contribution in [3.8, 4) is 0 Å². The van der Waals surface area contributed by atoms with Crippen molar-refractivity contribution in [3.63, 3.8) is 0 Å². The molecule has 6 nitrogen and oxygen atoms in total. The van der Waals surface area contributed by atoms with Gasteiger partial charge >= 0.3 is 5.76 Å². The van der Waals surface area contributed by atoms with Crippen molar-refractivity contribution in [1.29, 1.82) is 0 Å². The van der Waals surface area contributed by atoms with Gasteiger partial charge < -0.3 is 15.9 Å². The van der Waals surface area contributed by atoms with Crippen molar-refractivity contribution in [2.75, 3.05) is 11.5 Å². The number of nitrogens with one attached hydrogen (secondary N) is 1. The molecule has 2 aromatic carbocycles. The molecule has 0 amide bonds. The minimum absolute atomic E-state index is 0.256. The Kier molecular flexibility index (Phi) is 2.57. The molecule has 1 aromatic heterocycles. The Morgan fingerprint density at radius 3 is 2.65 bits per heavy atom. The van der Waals surface area contributed by atoms with E-state index in [-0.39, 0.29) is 5.78 Å². The first-order valence-electron chi connectivity index (χ1n) is 5.87. The predicted molar refractivity (Wildman–Crippen MR) is 75.5 cm³/mol. The number of hydrogen-bond donors (Lipinski definition) is 3. The molecule has 0 saturated heterocycles. The number of H-pyrrole nitrogens is 1. The van der Waals surface area contributed by atoms with Crippen molar-refractivity contribution in [3.05, 3.63) is 58.1 Å². The van der Waals surface area contributed by atoms with Crippen LogP contribution in [0.2, 0.25) is 0 Å². The molecule has 0 bridgehead atoms. The second kappa shape index (κ2) is 4.27. The van der Waals surface area contributed by atoms with Crippen LogP contribution < -0.4 is 17.2 Å². The fourth-order valence-electron chi connectivity index (χ4n) is 2.03. The van der Waals surface area contributed by atoms with Gasteiger partial charge in [0.05, 0.1) is 5.52 Å². The molecule has 0 aliphatic rings. The van der Waals surface area contributed by atoms with Crippen LogP contribution in [-0.2, 0) is 0 Å². The number of aromatic amines is 1. The van der Waals surface area contributed by atoms with E-state index in [1.807, 2.05) is 0 Å². The van der Waals surface area contributed by atoms with Gasteiger partial charge in [0.25, 0.3) is 0 Å². The summed E-state index contributed by atoms with van der Waals surface area (Å²) in [6.45, 7) is 0. The first-order chi connectivity index (χ1) is 9.54. The first kappa shape index (κ1) is 12.0. The third-order valence-corrected chi connectivity index (χ3v) is 3.00. The molecule has 0 radical (unpaired) electrons. The predicted octanol–water partition coefficient (Wildman–Crippen LogP) is 1.52. The summed E-state index contributed by atoms with van der Waals surface area (Å²) >= 11 is 0. The fourth-order valence-corrected chi connectivity index (χ4v) is 2.03. The number of benzene rings is 2. The largest absolute Gasteiger partial charge is 0.417 e. The lowest BCUT2D eigenvalue weighted by molar-refractivity contribution is 0.103. The van der Waals surface area contributed by atoms with Crippen molar-refractivity contribution in [2.45, 2.75) is 0 Å². The maximum Gasteiger partial charge on any atom is 0.417 e. The van der Waals surface area contributed by atoms with Gasteiger partial charge in [-0.3, -0.25) is 9.78 Å². The van der Waals surface area contributed by atoms with Crippen LogP contribution in [0.25, 0.3) is 11.1 Å². The van der Waals surface area contributed by atoms with Gasteiger partial charge in [0.2, 0.25) is 0 Å². The van der Waals surface area contributed by atoms with Gasteiger partial charge in [-0.2, -0.15) is 0 Å². The average Bonchev–Trinajstić information content (AvgIpc) is 2.77. The molecule has 5 N–H and O–H groups in total. The Balaban J connectivity index is 2.09. The zero-order chi connectivity index (χ0) is 14.3. The van der Waals surface area contributed by atoms with Crippen molar-refractivity contribution in [2.24, 2.45) is 0 Å². The highest BCUT2D eigenvalue weighted by Crippen LogP contribution is 2.21. The molecule has 0 spiro atoms.